The Morgan fingerprint density at radius 1 is 1.03 bits per heavy atom. The van der Waals surface area contributed by atoms with E-state index in [1.54, 1.807) is 12.1 Å². The first kappa shape index (κ1) is 23.6. The molecule has 5 aromatic rings. The lowest BCUT2D eigenvalue weighted by molar-refractivity contribution is 0.286. The van der Waals surface area contributed by atoms with Crippen molar-refractivity contribution in [2.45, 2.75) is 38.4 Å². The highest BCUT2D eigenvalue weighted by atomic mass is 19.1. The normalized spacial score (nSPS) is 16.1. The maximum absolute atomic E-state index is 13.7. The van der Waals surface area contributed by atoms with Gasteiger partial charge in [0.2, 0.25) is 0 Å². The molecule has 188 valence electrons. The average Bonchev–Trinajstić information content (AvgIpc) is 3.65. The smallest absolute Gasteiger partial charge is 0.123 e. The van der Waals surface area contributed by atoms with E-state index in [1.165, 1.54) is 25.0 Å². The van der Waals surface area contributed by atoms with Crippen LogP contribution in [0.2, 0.25) is 0 Å². The fraction of sp³-hybridized carbons (Fsp3) is 0.267. The third-order valence-electron chi connectivity index (χ3n) is 7.66. The molecule has 7 heteroatoms. The SMILES string of the molecule is CN1CCCC1CCn1cnc(-c2ccc(F)cc2)c1-c1ccc2[nH]nc(-c3ccccc3CN)c2c1. The number of aromatic nitrogens is 4. The van der Waals surface area contributed by atoms with Gasteiger partial charge in [0, 0.05) is 41.2 Å². The lowest BCUT2D eigenvalue weighted by Gasteiger charge is -2.20. The zero-order valence-corrected chi connectivity index (χ0v) is 21.0. The van der Waals surface area contributed by atoms with Crippen molar-refractivity contribution in [2.24, 2.45) is 5.73 Å². The number of benzene rings is 3. The van der Waals surface area contributed by atoms with E-state index in [0.717, 1.165) is 69.7 Å². The van der Waals surface area contributed by atoms with Crippen molar-refractivity contribution < 1.29 is 4.39 Å². The van der Waals surface area contributed by atoms with Gasteiger partial charge in [0.1, 0.15) is 11.5 Å². The number of imidazole rings is 1. The molecule has 0 spiro atoms. The van der Waals surface area contributed by atoms with Gasteiger partial charge < -0.3 is 15.2 Å². The number of hydrogen-bond acceptors (Lipinski definition) is 4. The van der Waals surface area contributed by atoms with Gasteiger partial charge in [0.25, 0.3) is 0 Å². The summed E-state index contributed by atoms with van der Waals surface area (Å²) in [5, 5.41) is 8.87. The van der Waals surface area contributed by atoms with E-state index in [9.17, 15) is 4.39 Å². The number of rotatable bonds is 7. The minimum atomic E-state index is -0.253. The molecule has 1 fully saturated rings. The van der Waals surface area contributed by atoms with E-state index >= 15 is 0 Å². The first-order chi connectivity index (χ1) is 18.1. The van der Waals surface area contributed by atoms with Crippen LogP contribution in [0.1, 0.15) is 24.8 Å². The summed E-state index contributed by atoms with van der Waals surface area (Å²) < 4.78 is 16.0. The Hall–Kier alpha value is -3.81. The predicted molar refractivity (Wildman–Crippen MR) is 146 cm³/mol. The van der Waals surface area contributed by atoms with Gasteiger partial charge >= 0.3 is 0 Å². The summed E-state index contributed by atoms with van der Waals surface area (Å²) in [5.41, 5.74) is 13.8. The first-order valence-corrected chi connectivity index (χ1v) is 12.9. The largest absolute Gasteiger partial charge is 0.330 e. The van der Waals surface area contributed by atoms with Crippen molar-refractivity contribution in [3.63, 3.8) is 0 Å². The van der Waals surface area contributed by atoms with E-state index < -0.39 is 0 Å². The average molecular weight is 495 g/mol. The van der Waals surface area contributed by atoms with Crippen LogP contribution in [0.15, 0.2) is 73.1 Å². The second-order valence-electron chi connectivity index (χ2n) is 9.90. The van der Waals surface area contributed by atoms with E-state index in [1.807, 2.05) is 24.5 Å². The molecule has 1 unspecified atom stereocenters. The third-order valence-corrected chi connectivity index (χ3v) is 7.66. The molecule has 0 saturated carbocycles. The number of nitrogens with two attached hydrogens (primary N) is 1. The van der Waals surface area contributed by atoms with Crippen LogP contribution in [-0.2, 0) is 13.1 Å². The number of nitrogens with zero attached hydrogens (tertiary/aromatic N) is 4. The molecular weight excluding hydrogens is 463 g/mol. The molecule has 3 aromatic carbocycles. The van der Waals surface area contributed by atoms with Crippen molar-refractivity contribution in [2.75, 3.05) is 13.6 Å². The molecule has 1 atom stereocenters. The molecule has 0 bridgehead atoms. The summed E-state index contributed by atoms with van der Waals surface area (Å²) in [5.74, 6) is -0.253. The van der Waals surface area contributed by atoms with E-state index in [4.69, 9.17) is 10.7 Å². The van der Waals surface area contributed by atoms with Crippen LogP contribution in [0.5, 0.6) is 0 Å². The maximum Gasteiger partial charge on any atom is 0.123 e. The lowest BCUT2D eigenvalue weighted by atomic mass is 9.99. The number of aryl methyl sites for hydroxylation is 1. The van der Waals surface area contributed by atoms with Gasteiger partial charge in [-0.05, 0) is 74.8 Å². The molecule has 3 N–H and O–H groups in total. The molecule has 37 heavy (non-hydrogen) atoms. The minimum Gasteiger partial charge on any atom is -0.330 e. The number of fused-ring (bicyclic) bond motifs is 1. The summed E-state index contributed by atoms with van der Waals surface area (Å²) in [6.45, 7) is 2.47. The monoisotopic (exact) mass is 494 g/mol. The molecule has 0 aliphatic carbocycles. The molecule has 1 saturated heterocycles. The van der Waals surface area contributed by atoms with Crippen molar-refractivity contribution in [1.82, 2.24) is 24.6 Å². The van der Waals surface area contributed by atoms with Crippen molar-refractivity contribution in [1.29, 1.82) is 0 Å². The Morgan fingerprint density at radius 2 is 1.84 bits per heavy atom. The van der Waals surface area contributed by atoms with Crippen LogP contribution in [0.3, 0.4) is 0 Å². The summed E-state index contributed by atoms with van der Waals surface area (Å²) in [7, 11) is 2.21. The molecule has 1 aliphatic heterocycles. The molecule has 0 radical (unpaired) electrons. The van der Waals surface area contributed by atoms with E-state index in [-0.39, 0.29) is 5.82 Å². The van der Waals surface area contributed by atoms with Crippen molar-refractivity contribution in [3.8, 4) is 33.8 Å². The van der Waals surface area contributed by atoms with Gasteiger partial charge in [-0.25, -0.2) is 9.37 Å². The zero-order valence-electron chi connectivity index (χ0n) is 21.0. The Labute approximate surface area is 215 Å². The molecular formula is C30H31FN6. The highest BCUT2D eigenvalue weighted by molar-refractivity contribution is 5.97. The Kier molecular flexibility index (Phi) is 6.32. The minimum absolute atomic E-state index is 0.253. The molecule has 1 aliphatic rings. The van der Waals surface area contributed by atoms with Gasteiger partial charge in [0.15, 0.2) is 0 Å². The predicted octanol–water partition coefficient (Wildman–Crippen LogP) is 5.84. The fourth-order valence-corrected chi connectivity index (χ4v) is 5.60. The molecule has 2 aromatic heterocycles. The maximum atomic E-state index is 13.7. The van der Waals surface area contributed by atoms with Crippen LogP contribution in [0, 0.1) is 5.82 Å². The molecule has 6 nitrogen and oxygen atoms in total. The lowest BCUT2D eigenvalue weighted by Crippen LogP contribution is -2.26. The van der Waals surface area contributed by atoms with Gasteiger partial charge in [-0.2, -0.15) is 5.10 Å². The van der Waals surface area contributed by atoms with E-state index in [2.05, 4.69) is 51.0 Å². The van der Waals surface area contributed by atoms with Crippen molar-refractivity contribution >= 4 is 10.9 Å². The number of H-pyrrole nitrogens is 1. The quantitative estimate of drug-likeness (QED) is 0.298. The number of hydrogen-bond donors (Lipinski definition) is 2. The topological polar surface area (TPSA) is 75.8 Å². The second-order valence-corrected chi connectivity index (χ2v) is 9.90. The summed E-state index contributed by atoms with van der Waals surface area (Å²) >= 11 is 0. The molecule has 0 amide bonds. The fourth-order valence-electron chi connectivity index (χ4n) is 5.60. The Morgan fingerprint density at radius 3 is 2.62 bits per heavy atom. The Balaban J connectivity index is 1.46. The van der Waals surface area contributed by atoms with Gasteiger partial charge in [-0.1, -0.05) is 30.3 Å². The highest BCUT2D eigenvalue weighted by Gasteiger charge is 2.22. The van der Waals surface area contributed by atoms with Crippen LogP contribution in [-0.4, -0.2) is 44.3 Å². The van der Waals surface area contributed by atoms with Crippen LogP contribution < -0.4 is 5.73 Å². The van der Waals surface area contributed by atoms with Gasteiger partial charge in [0.05, 0.1) is 23.2 Å². The summed E-state index contributed by atoms with van der Waals surface area (Å²) in [4.78, 5) is 7.27. The summed E-state index contributed by atoms with van der Waals surface area (Å²) in [6, 6.07) is 21.7. The number of halogens is 1. The van der Waals surface area contributed by atoms with Crippen LogP contribution in [0.25, 0.3) is 44.7 Å². The number of likely N-dealkylation sites (tertiary alicyclic amines) is 1. The highest BCUT2D eigenvalue weighted by Crippen LogP contribution is 2.36. The molecule has 6 rings (SSSR count). The zero-order chi connectivity index (χ0) is 25.4. The van der Waals surface area contributed by atoms with Crippen LogP contribution in [0.4, 0.5) is 4.39 Å². The standard InChI is InChI=1S/C30H31FN6/c1-36-15-4-6-24(36)14-16-37-19-33-28(20-8-11-23(31)12-9-20)30(37)21-10-13-27-26(17-21)29(35-34-27)25-7-3-2-5-22(25)18-32/h2-3,5,7-13,17,19,24H,4,6,14-16,18,32H2,1H3,(H,34,35). The second kappa shape index (κ2) is 9.92. The number of aromatic amines is 1. The molecule has 3 heterocycles. The van der Waals surface area contributed by atoms with E-state index in [0.29, 0.717) is 12.6 Å². The van der Waals surface area contributed by atoms with Crippen LogP contribution >= 0.6 is 0 Å². The summed E-state index contributed by atoms with van der Waals surface area (Å²) in [6.07, 6.45) is 5.47. The van der Waals surface area contributed by atoms with Gasteiger partial charge in [-0.3, -0.25) is 5.10 Å². The van der Waals surface area contributed by atoms with Crippen molar-refractivity contribution in [3.05, 3.63) is 84.4 Å². The van der Waals surface area contributed by atoms with Gasteiger partial charge in [-0.15, -0.1) is 0 Å². The first-order valence-electron chi connectivity index (χ1n) is 12.9. The Bertz CT molecular complexity index is 1530. The third kappa shape index (κ3) is 4.45. The number of nitrogens with one attached hydrogen (secondary N) is 1.